The molecule has 21 heavy (non-hydrogen) atoms. The summed E-state index contributed by atoms with van der Waals surface area (Å²) in [5, 5.41) is 11.2. The number of nitrogens with zero attached hydrogens (tertiary/aromatic N) is 1. The van der Waals surface area contributed by atoms with Crippen molar-refractivity contribution in [3.8, 4) is 0 Å². The number of hydrogen-bond acceptors (Lipinski definition) is 4. The van der Waals surface area contributed by atoms with E-state index < -0.39 is 21.9 Å². The maximum absolute atomic E-state index is 12.1. The van der Waals surface area contributed by atoms with Gasteiger partial charge in [0.05, 0.1) is 0 Å². The van der Waals surface area contributed by atoms with E-state index in [-0.39, 0.29) is 23.1 Å². The Morgan fingerprint density at radius 2 is 2.05 bits per heavy atom. The van der Waals surface area contributed by atoms with Crippen LogP contribution < -0.4 is 10.0 Å². The molecule has 0 saturated heterocycles. The highest BCUT2D eigenvalue weighted by Gasteiger charge is 2.20. The molecular formula is C12H19N3O5S. The number of carbonyl (C=O) groups is 2. The lowest BCUT2D eigenvalue weighted by atomic mass is 10.2. The summed E-state index contributed by atoms with van der Waals surface area (Å²) < 4.78 is 26.9. The molecule has 1 amide bonds. The molecule has 0 radical (unpaired) electrons. The van der Waals surface area contributed by atoms with Crippen LogP contribution in [0.15, 0.2) is 17.2 Å². The van der Waals surface area contributed by atoms with Crippen LogP contribution in [0.3, 0.4) is 0 Å². The fraction of sp³-hybridized carbons (Fsp3) is 0.500. The fourth-order valence-corrected chi connectivity index (χ4v) is 2.53. The van der Waals surface area contributed by atoms with Crippen LogP contribution in [0, 0.1) is 0 Å². The number of aryl methyl sites for hydroxylation is 1. The third-order valence-electron chi connectivity index (χ3n) is 2.96. The topological polar surface area (TPSA) is 118 Å². The number of aromatic nitrogens is 1. The van der Waals surface area contributed by atoms with Crippen molar-refractivity contribution in [2.75, 3.05) is 7.05 Å². The number of sulfonamides is 1. The first-order valence-corrected chi connectivity index (χ1v) is 7.78. The second-order valence-electron chi connectivity index (χ2n) is 4.69. The maximum Gasteiger partial charge on any atom is 0.303 e. The highest BCUT2D eigenvalue weighted by Crippen LogP contribution is 2.13. The van der Waals surface area contributed by atoms with Crippen LogP contribution >= 0.6 is 0 Å². The van der Waals surface area contributed by atoms with Gasteiger partial charge in [-0.25, -0.2) is 13.1 Å². The zero-order valence-corrected chi connectivity index (χ0v) is 12.9. The predicted octanol–water partition coefficient (Wildman–Crippen LogP) is -0.0837. The molecule has 0 bridgehead atoms. The van der Waals surface area contributed by atoms with Crippen LogP contribution in [0.25, 0.3) is 0 Å². The number of carboxylic acids is 1. The second kappa shape index (κ2) is 6.72. The SMILES string of the molecule is CNS(=O)(=O)c1cc(C(=O)NC(C)CCC(=O)O)n(C)c1. The average molecular weight is 317 g/mol. The Bertz CT molecular complexity index is 635. The highest BCUT2D eigenvalue weighted by atomic mass is 32.2. The minimum absolute atomic E-state index is 0.00385. The molecule has 1 heterocycles. The van der Waals surface area contributed by atoms with E-state index in [0.717, 1.165) is 0 Å². The third-order valence-corrected chi connectivity index (χ3v) is 4.34. The van der Waals surface area contributed by atoms with Gasteiger partial charge in [-0.3, -0.25) is 9.59 Å². The smallest absolute Gasteiger partial charge is 0.303 e. The summed E-state index contributed by atoms with van der Waals surface area (Å²) in [6, 6.07) is 0.943. The second-order valence-corrected chi connectivity index (χ2v) is 6.57. The van der Waals surface area contributed by atoms with Crippen LogP contribution in [-0.4, -0.2) is 43.1 Å². The monoisotopic (exact) mass is 317 g/mol. The molecule has 1 aromatic rings. The summed E-state index contributed by atoms with van der Waals surface area (Å²) in [7, 11) is -0.763. The zero-order chi connectivity index (χ0) is 16.2. The summed E-state index contributed by atoms with van der Waals surface area (Å²) in [6.07, 6.45) is 1.59. The molecular weight excluding hydrogens is 298 g/mol. The summed E-state index contributed by atoms with van der Waals surface area (Å²) in [4.78, 5) is 22.5. The van der Waals surface area contributed by atoms with Crippen molar-refractivity contribution >= 4 is 21.9 Å². The number of amides is 1. The van der Waals surface area contributed by atoms with E-state index in [9.17, 15) is 18.0 Å². The van der Waals surface area contributed by atoms with Gasteiger partial charge in [-0.15, -0.1) is 0 Å². The first-order valence-electron chi connectivity index (χ1n) is 6.30. The molecule has 1 unspecified atom stereocenters. The third kappa shape index (κ3) is 4.57. The summed E-state index contributed by atoms with van der Waals surface area (Å²) in [6.45, 7) is 1.69. The predicted molar refractivity (Wildman–Crippen MR) is 75.5 cm³/mol. The summed E-state index contributed by atoms with van der Waals surface area (Å²) in [5.74, 6) is -1.38. The standard InChI is InChI=1S/C12H19N3O5S/c1-8(4-5-11(16)17)14-12(18)10-6-9(7-15(10)3)21(19,20)13-2/h6-8,13H,4-5H2,1-3H3,(H,14,18)(H,16,17). The van der Waals surface area contributed by atoms with Crippen molar-refractivity contribution in [1.29, 1.82) is 0 Å². The van der Waals surface area contributed by atoms with Crippen molar-refractivity contribution in [1.82, 2.24) is 14.6 Å². The van der Waals surface area contributed by atoms with Gasteiger partial charge < -0.3 is 15.0 Å². The number of carbonyl (C=O) groups excluding carboxylic acids is 1. The molecule has 0 aliphatic heterocycles. The molecule has 0 spiro atoms. The number of nitrogens with one attached hydrogen (secondary N) is 2. The summed E-state index contributed by atoms with van der Waals surface area (Å²) >= 11 is 0. The van der Waals surface area contributed by atoms with Crippen molar-refractivity contribution in [2.45, 2.75) is 30.7 Å². The minimum atomic E-state index is -3.61. The zero-order valence-electron chi connectivity index (χ0n) is 12.1. The highest BCUT2D eigenvalue weighted by molar-refractivity contribution is 7.89. The molecule has 1 aromatic heterocycles. The molecule has 1 rings (SSSR count). The van der Waals surface area contributed by atoms with Gasteiger partial charge in [-0.1, -0.05) is 0 Å². The van der Waals surface area contributed by atoms with Crippen LogP contribution in [0.4, 0.5) is 0 Å². The number of rotatable bonds is 7. The minimum Gasteiger partial charge on any atom is -0.481 e. The molecule has 0 aliphatic carbocycles. The summed E-state index contributed by atoms with van der Waals surface area (Å²) in [5.41, 5.74) is 0.186. The van der Waals surface area contributed by atoms with Crippen LogP contribution in [-0.2, 0) is 21.9 Å². The van der Waals surface area contributed by atoms with E-state index >= 15 is 0 Å². The lowest BCUT2D eigenvalue weighted by Crippen LogP contribution is -2.34. The molecule has 118 valence electrons. The van der Waals surface area contributed by atoms with Crippen molar-refractivity contribution in [2.24, 2.45) is 7.05 Å². The van der Waals surface area contributed by atoms with Gasteiger partial charge >= 0.3 is 5.97 Å². The number of hydrogen-bond donors (Lipinski definition) is 3. The molecule has 1 atom stereocenters. The van der Waals surface area contributed by atoms with Gasteiger partial charge in [-0.2, -0.15) is 0 Å². The van der Waals surface area contributed by atoms with E-state index in [0.29, 0.717) is 6.42 Å². The van der Waals surface area contributed by atoms with Gasteiger partial charge in [0.2, 0.25) is 10.0 Å². The molecule has 9 heteroatoms. The van der Waals surface area contributed by atoms with E-state index in [1.54, 1.807) is 14.0 Å². The Kier molecular flexibility index (Phi) is 5.50. The molecule has 0 fully saturated rings. The van der Waals surface area contributed by atoms with Crippen LogP contribution in [0.1, 0.15) is 30.3 Å². The molecule has 0 aliphatic rings. The van der Waals surface area contributed by atoms with Gasteiger partial charge in [0.1, 0.15) is 10.6 Å². The molecule has 3 N–H and O–H groups in total. The first kappa shape index (κ1) is 17.2. The quantitative estimate of drug-likeness (QED) is 0.650. The van der Waals surface area contributed by atoms with E-state index in [4.69, 9.17) is 5.11 Å². The maximum atomic E-state index is 12.1. The van der Waals surface area contributed by atoms with Crippen LogP contribution in [0.5, 0.6) is 0 Å². The van der Waals surface area contributed by atoms with Crippen LogP contribution in [0.2, 0.25) is 0 Å². The Morgan fingerprint density at radius 3 is 2.57 bits per heavy atom. The Balaban J connectivity index is 2.82. The Morgan fingerprint density at radius 1 is 1.43 bits per heavy atom. The van der Waals surface area contributed by atoms with Crippen molar-refractivity contribution < 1.29 is 23.1 Å². The fourth-order valence-electron chi connectivity index (χ4n) is 1.73. The number of carboxylic acid groups (broad SMARTS) is 1. The van der Waals surface area contributed by atoms with Gasteiger partial charge in [0.25, 0.3) is 5.91 Å². The molecule has 8 nitrogen and oxygen atoms in total. The van der Waals surface area contributed by atoms with Crippen molar-refractivity contribution in [3.63, 3.8) is 0 Å². The first-order chi connectivity index (χ1) is 9.67. The Labute approximate surface area is 123 Å². The average Bonchev–Trinajstić information content (AvgIpc) is 2.79. The van der Waals surface area contributed by atoms with Gasteiger partial charge in [-0.05, 0) is 26.5 Å². The molecule has 0 aromatic carbocycles. The number of aliphatic carboxylic acids is 1. The van der Waals surface area contributed by atoms with E-state index in [2.05, 4.69) is 10.0 Å². The van der Waals surface area contributed by atoms with Crippen molar-refractivity contribution in [3.05, 3.63) is 18.0 Å². The molecule has 0 saturated carbocycles. The van der Waals surface area contributed by atoms with Gasteiger partial charge in [0.15, 0.2) is 0 Å². The normalized spacial score (nSPS) is 12.9. The largest absolute Gasteiger partial charge is 0.481 e. The van der Waals surface area contributed by atoms with E-state index in [1.165, 1.54) is 23.9 Å². The lowest BCUT2D eigenvalue weighted by Gasteiger charge is -2.12. The lowest BCUT2D eigenvalue weighted by molar-refractivity contribution is -0.137. The van der Waals surface area contributed by atoms with E-state index in [1.807, 2.05) is 0 Å². The van der Waals surface area contributed by atoms with Gasteiger partial charge in [0, 0.05) is 25.7 Å². The Hall–Kier alpha value is -1.87.